The van der Waals surface area contributed by atoms with E-state index in [1.54, 1.807) is 0 Å². The van der Waals surface area contributed by atoms with Crippen LogP contribution in [0, 0.1) is 11.6 Å². The lowest BCUT2D eigenvalue weighted by atomic mass is 10.0. The van der Waals surface area contributed by atoms with Crippen molar-refractivity contribution in [2.75, 3.05) is 13.2 Å². The minimum absolute atomic E-state index is 0.0481. The van der Waals surface area contributed by atoms with Gasteiger partial charge in [0.15, 0.2) is 23.4 Å². The Hall–Kier alpha value is -4.75. The molecule has 244 valence electrons. The highest BCUT2D eigenvalue weighted by Gasteiger charge is 2.37. The van der Waals surface area contributed by atoms with E-state index in [9.17, 15) is 26.7 Å². The van der Waals surface area contributed by atoms with Crippen molar-refractivity contribution in [1.82, 2.24) is 25.5 Å². The summed E-state index contributed by atoms with van der Waals surface area (Å²) in [7, 11) is 0. The fourth-order valence-corrected chi connectivity index (χ4v) is 5.06. The molecular weight excluding hydrogens is 611 g/mol. The Kier molecular flexibility index (Phi) is 10.0. The largest absolute Gasteiger partial charge is 0.494 e. The van der Waals surface area contributed by atoms with Gasteiger partial charge in [-0.25, -0.2) is 13.8 Å². The standard InChI is InChI=1S/C32H33F5N6O3/c1-3-5-6-7-13-38-31(44)29(43-18-26-25(17-39-43)40-30(41-26)21-9-8-10-23(33)28(21)34)27-16-24(42-46-27)20-12-11-19(45-14-4-2)15-22(20)32(35,36)37/h8-12,15-17,29H,3-7,13-14,18H2,1-2H3,(H,38,44)(H,40,41). The van der Waals surface area contributed by atoms with Crippen molar-refractivity contribution in [2.24, 2.45) is 5.10 Å². The highest BCUT2D eigenvalue weighted by atomic mass is 19.4. The highest BCUT2D eigenvalue weighted by molar-refractivity contribution is 5.85. The van der Waals surface area contributed by atoms with E-state index >= 15 is 0 Å². The van der Waals surface area contributed by atoms with Gasteiger partial charge < -0.3 is 19.6 Å². The Balaban J connectivity index is 1.46. The minimum Gasteiger partial charge on any atom is -0.494 e. The number of benzene rings is 2. The molecule has 0 aliphatic carbocycles. The Morgan fingerprint density at radius 1 is 1.09 bits per heavy atom. The number of amides is 1. The van der Waals surface area contributed by atoms with Crippen LogP contribution in [-0.2, 0) is 17.5 Å². The number of fused-ring (bicyclic) bond motifs is 1. The number of unbranched alkanes of at least 4 members (excludes halogenated alkanes) is 3. The predicted octanol–water partition coefficient (Wildman–Crippen LogP) is 7.40. The molecule has 1 aliphatic heterocycles. The van der Waals surface area contributed by atoms with Crippen LogP contribution in [-0.4, -0.2) is 45.4 Å². The average molecular weight is 645 g/mol. The van der Waals surface area contributed by atoms with Gasteiger partial charge in [-0.1, -0.05) is 44.3 Å². The molecule has 1 unspecified atom stereocenters. The zero-order valence-corrected chi connectivity index (χ0v) is 25.3. The fraction of sp³-hybridized carbons (Fsp3) is 0.375. The molecule has 2 aromatic heterocycles. The number of rotatable bonds is 13. The van der Waals surface area contributed by atoms with Crippen LogP contribution in [0.15, 0.2) is 52.1 Å². The fourth-order valence-electron chi connectivity index (χ4n) is 5.06. The van der Waals surface area contributed by atoms with E-state index < -0.39 is 35.3 Å². The maximum atomic E-state index is 14.5. The van der Waals surface area contributed by atoms with Gasteiger partial charge in [-0.2, -0.15) is 18.3 Å². The van der Waals surface area contributed by atoms with Crippen LogP contribution in [0.25, 0.3) is 22.6 Å². The summed E-state index contributed by atoms with van der Waals surface area (Å²) < 4.78 is 81.6. The molecule has 5 rings (SSSR count). The lowest BCUT2D eigenvalue weighted by Crippen LogP contribution is -2.39. The minimum atomic E-state index is -4.72. The molecular formula is C32H33F5N6O3. The molecule has 9 nitrogen and oxygen atoms in total. The van der Waals surface area contributed by atoms with Crippen LogP contribution in [0.3, 0.4) is 0 Å². The van der Waals surface area contributed by atoms with Crippen molar-refractivity contribution < 1.29 is 36.0 Å². The zero-order valence-electron chi connectivity index (χ0n) is 25.3. The topological polar surface area (TPSA) is 109 Å². The van der Waals surface area contributed by atoms with Crippen LogP contribution in [0.1, 0.15) is 74.7 Å². The number of halogens is 5. The van der Waals surface area contributed by atoms with E-state index in [1.807, 2.05) is 6.92 Å². The molecule has 4 aromatic rings. The van der Waals surface area contributed by atoms with E-state index in [0.29, 0.717) is 24.4 Å². The monoisotopic (exact) mass is 644 g/mol. The molecule has 0 radical (unpaired) electrons. The van der Waals surface area contributed by atoms with Gasteiger partial charge in [0.05, 0.1) is 41.9 Å². The van der Waals surface area contributed by atoms with E-state index in [1.165, 1.54) is 41.6 Å². The van der Waals surface area contributed by atoms with Crippen LogP contribution in [0.4, 0.5) is 22.0 Å². The maximum absolute atomic E-state index is 14.5. The van der Waals surface area contributed by atoms with Crippen molar-refractivity contribution in [2.45, 2.75) is 64.7 Å². The number of hydrazone groups is 1. The summed E-state index contributed by atoms with van der Waals surface area (Å²) in [5.74, 6) is -2.52. The molecule has 2 aromatic carbocycles. The summed E-state index contributed by atoms with van der Waals surface area (Å²) >= 11 is 0. The quantitative estimate of drug-likeness (QED) is 0.116. The molecule has 0 saturated carbocycles. The van der Waals surface area contributed by atoms with Gasteiger partial charge in [0.2, 0.25) is 0 Å². The van der Waals surface area contributed by atoms with Gasteiger partial charge in [0.25, 0.3) is 5.91 Å². The molecule has 1 atom stereocenters. The van der Waals surface area contributed by atoms with Crippen molar-refractivity contribution in [3.8, 4) is 28.4 Å². The Morgan fingerprint density at radius 2 is 1.91 bits per heavy atom. The third kappa shape index (κ3) is 7.21. The van der Waals surface area contributed by atoms with Gasteiger partial charge in [0.1, 0.15) is 17.3 Å². The van der Waals surface area contributed by atoms with Crippen molar-refractivity contribution in [3.05, 3.63) is 76.8 Å². The molecule has 46 heavy (non-hydrogen) atoms. The molecule has 0 saturated heterocycles. The summed E-state index contributed by atoms with van der Waals surface area (Å²) in [4.78, 5) is 20.9. The molecule has 1 aliphatic rings. The van der Waals surface area contributed by atoms with Crippen LogP contribution >= 0.6 is 0 Å². The van der Waals surface area contributed by atoms with Crippen LogP contribution < -0.4 is 10.1 Å². The number of nitrogens with one attached hydrogen (secondary N) is 2. The van der Waals surface area contributed by atoms with Crippen molar-refractivity contribution in [3.63, 3.8) is 0 Å². The average Bonchev–Trinajstić information content (AvgIpc) is 3.68. The van der Waals surface area contributed by atoms with Crippen LogP contribution in [0.2, 0.25) is 0 Å². The Bertz CT molecular complexity index is 1700. The van der Waals surface area contributed by atoms with E-state index in [4.69, 9.17) is 9.26 Å². The molecule has 2 N–H and O–H groups in total. The van der Waals surface area contributed by atoms with E-state index in [-0.39, 0.29) is 47.3 Å². The van der Waals surface area contributed by atoms with Crippen LogP contribution in [0.5, 0.6) is 5.75 Å². The summed E-state index contributed by atoms with van der Waals surface area (Å²) in [6.07, 6.45) is 0.929. The number of ether oxygens (including phenoxy) is 1. The Morgan fingerprint density at radius 3 is 2.67 bits per heavy atom. The van der Waals surface area contributed by atoms with Gasteiger partial charge in [-0.3, -0.25) is 9.80 Å². The lowest BCUT2D eigenvalue weighted by molar-refractivity contribution is -0.137. The van der Waals surface area contributed by atoms with Gasteiger partial charge >= 0.3 is 6.18 Å². The number of H-pyrrole nitrogens is 1. The first-order valence-corrected chi connectivity index (χ1v) is 15.0. The first-order chi connectivity index (χ1) is 22.1. The Labute approximate surface area is 261 Å². The number of hydrogen-bond donors (Lipinski definition) is 2. The number of imidazole rings is 1. The molecule has 3 heterocycles. The van der Waals surface area contributed by atoms with Gasteiger partial charge in [-0.05, 0) is 43.2 Å². The third-order valence-corrected chi connectivity index (χ3v) is 7.38. The zero-order chi connectivity index (χ0) is 32.8. The first kappa shape index (κ1) is 32.6. The normalized spacial score (nSPS) is 13.5. The third-order valence-electron chi connectivity index (χ3n) is 7.38. The van der Waals surface area contributed by atoms with E-state index in [2.05, 4.69) is 32.5 Å². The number of carbonyl (C=O) groups is 1. The molecule has 0 bridgehead atoms. The van der Waals surface area contributed by atoms with Crippen molar-refractivity contribution >= 4 is 12.1 Å². The predicted molar refractivity (Wildman–Crippen MR) is 160 cm³/mol. The summed E-state index contributed by atoms with van der Waals surface area (Å²) in [6, 6.07) is 7.35. The summed E-state index contributed by atoms with van der Waals surface area (Å²) in [6.45, 7) is 4.48. The molecule has 0 fully saturated rings. The van der Waals surface area contributed by atoms with Gasteiger partial charge in [-0.15, -0.1) is 0 Å². The van der Waals surface area contributed by atoms with Gasteiger partial charge in [0, 0.05) is 18.2 Å². The van der Waals surface area contributed by atoms with Crippen molar-refractivity contribution in [1.29, 1.82) is 0 Å². The maximum Gasteiger partial charge on any atom is 0.417 e. The number of aromatic nitrogens is 3. The molecule has 1 amide bonds. The van der Waals surface area contributed by atoms with E-state index in [0.717, 1.165) is 37.8 Å². The second-order valence-electron chi connectivity index (χ2n) is 10.8. The number of hydrogen-bond acceptors (Lipinski definition) is 7. The summed E-state index contributed by atoms with van der Waals surface area (Å²) in [5.41, 5.74) is -0.614. The SMILES string of the molecule is CCCCCCNC(=O)C(c1cc(-c2ccc(OCCC)cc2C(F)(F)F)no1)N1Cc2nc(-c3cccc(F)c3F)[nH]c2C=N1. The smallest absolute Gasteiger partial charge is 0.417 e. The number of nitrogens with zero attached hydrogens (tertiary/aromatic N) is 4. The number of alkyl halides is 3. The summed E-state index contributed by atoms with van der Waals surface area (Å²) in [5, 5.41) is 12.5. The lowest BCUT2D eigenvalue weighted by Gasteiger charge is -2.28. The number of aromatic amines is 1. The first-order valence-electron chi connectivity index (χ1n) is 15.0. The number of carbonyl (C=O) groups excluding carboxylic acids is 1. The highest BCUT2D eigenvalue weighted by Crippen LogP contribution is 2.40. The second-order valence-corrected chi connectivity index (χ2v) is 10.8. The molecule has 0 spiro atoms. The molecule has 14 heteroatoms. The second kappa shape index (κ2) is 14.1.